The lowest BCUT2D eigenvalue weighted by Crippen LogP contribution is -2.18. The highest BCUT2D eigenvalue weighted by Crippen LogP contribution is 2.21. The smallest absolute Gasteiger partial charge is 0.251 e. The molecule has 112 valence electrons. The van der Waals surface area contributed by atoms with Gasteiger partial charge in [-0.1, -0.05) is 12.1 Å². The summed E-state index contributed by atoms with van der Waals surface area (Å²) in [6, 6.07) is 9.28. The largest absolute Gasteiger partial charge is 0.365 e. The molecule has 0 aliphatic carbocycles. The predicted molar refractivity (Wildman–Crippen MR) is 86.1 cm³/mol. The zero-order valence-electron chi connectivity index (χ0n) is 11.9. The maximum absolute atomic E-state index is 11.7. The number of H-pyrrole nitrogens is 1. The van der Waals surface area contributed by atoms with Gasteiger partial charge in [-0.3, -0.25) is 4.79 Å². The van der Waals surface area contributed by atoms with Crippen LogP contribution in [0.25, 0.3) is 11.0 Å². The van der Waals surface area contributed by atoms with Gasteiger partial charge in [-0.15, -0.1) is 0 Å². The fourth-order valence-electron chi connectivity index (χ4n) is 2.20. The lowest BCUT2D eigenvalue weighted by molar-refractivity contribution is 0.0963. The quantitative estimate of drug-likeness (QED) is 0.646. The minimum atomic E-state index is -0.111. The average Bonchev–Trinajstić information content (AvgIpc) is 3.00. The first kappa shape index (κ1) is 14.3. The van der Waals surface area contributed by atoms with Crippen LogP contribution < -0.4 is 10.6 Å². The molecule has 0 spiro atoms. The second-order valence-corrected chi connectivity index (χ2v) is 5.05. The predicted octanol–water partition coefficient (Wildman–Crippen LogP) is 2.58. The van der Waals surface area contributed by atoms with Crippen LogP contribution in [0.4, 0.5) is 5.82 Å². The molecule has 0 bridgehead atoms. The molecule has 0 saturated carbocycles. The first-order valence-electron chi connectivity index (χ1n) is 6.73. The van der Waals surface area contributed by atoms with E-state index >= 15 is 0 Å². The molecule has 0 saturated heterocycles. The Morgan fingerprint density at radius 3 is 3.00 bits per heavy atom. The Kier molecular flexibility index (Phi) is 3.93. The number of nitrogens with one attached hydrogen (secondary N) is 3. The van der Waals surface area contributed by atoms with E-state index in [0.717, 1.165) is 10.9 Å². The van der Waals surface area contributed by atoms with Gasteiger partial charge in [0.15, 0.2) is 0 Å². The topological polar surface area (TPSA) is 82.7 Å². The highest BCUT2D eigenvalue weighted by molar-refractivity contribution is 6.28. The Labute approximate surface area is 131 Å². The Balaban J connectivity index is 1.82. The average molecular weight is 316 g/mol. The van der Waals surface area contributed by atoms with Crippen LogP contribution in [-0.4, -0.2) is 27.9 Å². The Hall–Kier alpha value is -2.60. The van der Waals surface area contributed by atoms with Crippen molar-refractivity contribution in [2.24, 2.45) is 0 Å². The third kappa shape index (κ3) is 2.87. The van der Waals surface area contributed by atoms with Gasteiger partial charge in [0, 0.05) is 25.4 Å². The molecule has 0 aliphatic rings. The van der Waals surface area contributed by atoms with Gasteiger partial charge in [0.25, 0.3) is 5.91 Å². The summed E-state index contributed by atoms with van der Waals surface area (Å²) in [7, 11) is 1.61. The van der Waals surface area contributed by atoms with Crippen molar-refractivity contribution in [1.29, 1.82) is 0 Å². The summed E-state index contributed by atoms with van der Waals surface area (Å²) in [5.41, 5.74) is 2.27. The normalized spacial score (nSPS) is 10.6. The standard InChI is InChI=1S/C15H14ClN5O/c1-17-14(22)10-4-2-3-9(7-10)8-19-13-11-5-6-18-12(11)20-15(16)21-13/h2-7H,8H2,1H3,(H,17,22)(H2,18,19,20,21). The van der Waals surface area contributed by atoms with Gasteiger partial charge in [-0.05, 0) is 35.4 Å². The van der Waals surface area contributed by atoms with Crippen LogP contribution in [0, 0.1) is 0 Å². The van der Waals surface area contributed by atoms with Crippen molar-refractivity contribution in [1.82, 2.24) is 20.3 Å². The summed E-state index contributed by atoms with van der Waals surface area (Å²) in [6.07, 6.45) is 1.78. The zero-order valence-corrected chi connectivity index (χ0v) is 12.6. The number of hydrogen-bond acceptors (Lipinski definition) is 4. The molecule has 1 amide bonds. The van der Waals surface area contributed by atoms with Crippen molar-refractivity contribution in [3.05, 3.63) is 52.9 Å². The molecule has 6 nitrogen and oxygen atoms in total. The van der Waals surface area contributed by atoms with E-state index in [2.05, 4.69) is 25.6 Å². The maximum atomic E-state index is 11.7. The van der Waals surface area contributed by atoms with E-state index in [9.17, 15) is 4.79 Å². The monoisotopic (exact) mass is 315 g/mol. The number of aromatic amines is 1. The van der Waals surface area contributed by atoms with Crippen LogP contribution in [0.3, 0.4) is 0 Å². The molecule has 0 radical (unpaired) electrons. The number of anilines is 1. The summed E-state index contributed by atoms with van der Waals surface area (Å²) < 4.78 is 0. The van der Waals surface area contributed by atoms with Crippen LogP contribution in [0.5, 0.6) is 0 Å². The highest BCUT2D eigenvalue weighted by atomic mass is 35.5. The van der Waals surface area contributed by atoms with E-state index in [1.54, 1.807) is 19.3 Å². The molecule has 0 aliphatic heterocycles. The zero-order chi connectivity index (χ0) is 15.5. The number of aromatic nitrogens is 3. The summed E-state index contributed by atoms with van der Waals surface area (Å²) in [6.45, 7) is 0.526. The number of hydrogen-bond donors (Lipinski definition) is 3. The molecular formula is C15H14ClN5O. The third-order valence-electron chi connectivity index (χ3n) is 3.26. The number of halogens is 1. The van der Waals surface area contributed by atoms with Gasteiger partial charge in [0.1, 0.15) is 11.5 Å². The second-order valence-electron chi connectivity index (χ2n) is 4.71. The number of amides is 1. The molecule has 0 unspecified atom stereocenters. The van der Waals surface area contributed by atoms with Crippen molar-refractivity contribution < 1.29 is 4.79 Å². The van der Waals surface area contributed by atoms with Gasteiger partial charge >= 0.3 is 0 Å². The lowest BCUT2D eigenvalue weighted by Gasteiger charge is -2.08. The molecule has 3 rings (SSSR count). The fourth-order valence-corrected chi connectivity index (χ4v) is 2.37. The van der Waals surface area contributed by atoms with Crippen molar-refractivity contribution in [2.45, 2.75) is 6.54 Å². The van der Waals surface area contributed by atoms with E-state index in [1.165, 1.54) is 0 Å². The summed E-state index contributed by atoms with van der Waals surface area (Å²) in [5, 5.41) is 6.88. The summed E-state index contributed by atoms with van der Waals surface area (Å²) in [4.78, 5) is 23.0. The molecule has 0 atom stereocenters. The van der Waals surface area contributed by atoms with Crippen LogP contribution in [-0.2, 0) is 6.54 Å². The van der Waals surface area contributed by atoms with E-state index in [4.69, 9.17) is 11.6 Å². The van der Waals surface area contributed by atoms with Gasteiger partial charge < -0.3 is 15.6 Å². The van der Waals surface area contributed by atoms with Crippen LogP contribution in [0.15, 0.2) is 36.5 Å². The van der Waals surface area contributed by atoms with E-state index in [-0.39, 0.29) is 11.2 Å². The fraction of sp³-hybridized carbons (Fsp3) is 0.133. The van der Waals surface area contributed by atoms with Gasteiger partial charge in [0.2, 0.25) is 5.28 Å². The number of nitrogens with zero attached hydrogens (tertiary/aromatic N) is 2. The molecule has 3 N–H and O–H groups in total. The minimum absolute atomic E-state index is 0.111. The molecule has 1 aromatic carbocycles. The third-order valence-corrected chi connectivity index (χ3v) is 3.43. The first-order chi connectivity index (χ1) is 10.7. The van der Waals surface area contributed by atoms with E-state index in [0.29, 0.717) is 23.6 Å². The minimum Gasteiger partial charge on any atom is -0.365 e. The van der Waals surface area contributed by atoms with E-state index < -0.39 is 0 Å². The highest BCUT2D eigenvalue weighted by Gasteiger charge is 2.08. The second kappa shape index (κ2) is 6.03. The molecular weight excluding hydrogens is 302 g/mol. The van der Waals surface area contributed by atoms with Crippen molar-refractivity contribution >= 4 is 34.4 Å². The number of carbonyl (C=O) groups excluding carboxylic acids is 1. The summed E-state index contributed by atoms with van der Waals surface area (Å²) >= 11 is 5.91. The number of benzene rings is 1. The lowest BCUT2D eigenvalue weighted by atomic mass is 10.1. The number of carbonyl (C=O) groups is 1. The SMILES string of the molecule is CNC(=O)c1cccc(CNc2nc(Cl)nc3[nH]ccc23)c1. The van der Waals surface area contributed by atoms with Gasteiger partial charge in [-0.2, -0.15) is 4.98 Å². The van der Waals surface area contributed by atoms with Crippen LogP contribution >= 0.6 is 11.6 Å². The Bertz CT molecular complexity index is 830. The van der Waals surface area contributed by atoms with Crippen molar-refractivity contribution in [3.8, 4) is 0 Å². The van der Waals surface area contributed by atoms with Crippen LogP contribution in [0.2, 0.25) is 5.28 Å². The first-order valence-corrected chi connectivity index (χ1v) is 7.10. The Morgan fingerprint density at radius 2 is 2.18 bits per heavy atom. The Morgan fingerprint density at radius 1 is 1.32 bits per heavy atom. The molecule has 2 aromatic heterocycles. The van der Waals surface area contributed by atoms with Gasteiger partial charge in [-0.25, -0.2) is 4.98 Å². The van der Waals surface area contributed by atoms with Crippen molar-refractivity contribution in [3.63, 3.8) is 0 Å². The molecule has 3 aromatic rings. The maximum Gasteiger partial charge on any atom is 0.251 e. The van der Waals surface area contributed by atoms with Crippen molar-refractivity contribution in [2.75, 3.05) is 12.4 Å². The number of fused-ring (bicyclic) bond motifs is 1. The molecule has 7 heteroatoms. The number of rotatable bonds is 4. The molecule has 22 heavy (non-hydrogen) atoms. The summed E-state index contributed by atoms with van der Waals surface area (Å²) in [5.74, 6) is 0.543. The molecule has 2 heterocycles. The van der Waals surface area contributed by atoms with E-state index in [1.807, 2.05) is 24.3 Å². The van der Waals surface area contributed by atoms with Gasteiger partial charge in [0.05, 0.1) is 5.39 Å². The van der Waals surface area contributed by atoms with Crippen LogP contribution in [0.1, 0.15) is 15.9 Å². The molecule has 0 fully saturated rings.